The number of carbonyl (C=O) groups is 1. The largest absolute Gasteiger partial charge is 0.372 e. The number of ether oxygens (including phenoxy) is 1. The molecule has 0 aliphatic carbocycles. The van der Waals surface area contributed by atoms with E-state index in [1.54, 1.807) is 6.20 Å². The van der Waals surface area contributed by atoms with Gasteiger partial charge in [-0.15, -0.1) is 0 Å². The van der Waals surface area contributed by atoms with E-state index in [0.29, 0.717) is 18.3 Å². The second kappa shape index (κ2) is 5.67. The molecule has 2 rings (SSSR count). The highest BCUT2D eigenvalue weighted by Crippen LogP contribution is 2.05. The van der Waals surface area contributed by atoms with Crippen LogP contribution in [0.15, 0.2) is 18.6 Å². The molecule has 1 aliphatic rings. The molecule has 1 unspecified atom stereocenters. The summed E-state index contributed by atoms with van der Waals surface area (Å²) in [5.41, 5.74) is 0.363. The number of nitrogens with one attached hydrogen (secondary N) is 1. The first-order valence-electron chi connectivity index (χ1n) is 5.46. The van der Waals surface area contributed by atoms with Crippen molar-refractivity contribution in [2.24, 2.45) is 0 Å². The number of ketones is 1. The summed E-state index contributed by atoms with van der Waals surface area (Å²) in [5.74, 6) is -0.119. The van der Waals surface area contributed by atoms with Gasteiger partial charge in [0.05, 0.1) is 12.8 Å². The molecule has 1 aromatic heterocycles. The van der Waals surface area contributed by atoms with Crippen LogP contribution in [0.2, 0.25) is 0 Å². The lowest BCUT2D eigenvalue weighted by Gasteiger charge is -2.09. The van der Waals surface area contributed by atoms with Gasteiger partial charge in [-0.1, -0.05) is 0 Å². The molecule has 1 N–H and O–H groups in total. The van der Waals surface area contributed by atoms with E-state index >= 15 is 0 Å². The Morgan fingerprint density at radius 3 is 3.19 bits per heavy atom. The Hall–Kier alpha value is -1.33. The molecular formula is C11H15N3O2. The highest BCUT2D eigenvalue weighted by atomic mass is 16.5. The maximum Gasteiger partial charge on any atom is 0.208 e. The minimum atomic E-state index is -0.119. The zero-order valence-corrected chi connectivity index (χ0v) is 9.06. The fourth-order valence-corrected chi connectivity index (χ4v) is 1.71. The molecular weight excluding hydrogens is 206 g/mol. The SMILES string of the molecule is O=C(COCC1CCCN1)c1cnccn1. The molecule has 1 fully saturated rings. The van der Waals surface area contributed by atoms with Gasteiger partial charge in [0.15, 0.2) is 0 Å². The van der Waals surface area contributed by atoms with E-state index in [0.717, 1.165) is 13.0 Å². The summed E-state index contributed by atoms with van der Waals surface area (Å²) in [7, 11) is 0. The van der Waals surface area contributed by atoms with Crippen molar-refractivity contribution < 1.29 is 9.53 Å². The van der Waals surface area contributed by atoms with Gasteiger partial charge in [0.2, 0.25) is 5.78 Å². The molecule has 16 heavy (non-hydrogen) atoms. The van der Waals surface area contributed by atoms with Gasteiger partial charge >= 0.3 is 0 Å². The molecule has 1 aliphatic heterocycles. The molecule has 2 heterocycles. The monoisotopic (exact) mass is 221 g/mol. The molecule has 0 bridgehead atoms. The van der Waals surface area contributed by atoms with Crippen LogP contribution >= 0.6 is 0 Å². The van der Waals surface area contributed by atoms with Gasteiger partial charge in [-0.05, 0) is 19.4 Å². The summed E-state index contributed by atoms with van der Waals surface area (Å²) in [6.07, 6.45) is 6.82. The normalized spacial score (nSPS) is 19.9. The predicted octanol–water partition coefficient (Wildman–Crippen LogP) is 0.428. The molecule has 5 heteroatoms. The van der Waals surface area contributed by atoms with E-state index in [9.17, 15) is 4.79 Å². The standard InChI is InChI=1S/C11H15N3O2/c15-11(10-6-12-4-5-14-10)8-16-7-9-2-1-3-13-9/h4-6,9,13H,1-3,7-8H2. The zero-order valence-electron chi connectivity index (χ0n) is 9.06. The number of hydrogen-bond acceptors (Lipinski definition) is 5. The fourth-order valence-electron chi connectivity index (χ4n) is 1.71. The Labute approximate surface area is 94.2 Å². The first-order valence-corrected chi connectivity index (χ1v) is 5.46. The van der Waals surface area contributed by atoms with Crippen LogP contribution in [0.5, 0.6) is 0 Å². The van der Waals surface area contributed by atoms with Crippen molar-refractivity contribution in [1.82, 2.24) is 15.3 Å². The van der Waals surface area contributed by atoms with Crippen LogP contribution in [-0.4, -0.2) is 41.6 Å². The minimum absolute atomic E-state index is 0.0802. The molecule has 1 saturated heterocycles. The summed E-state index contributed by atoms with van der Waals surface area (Å²) >= 11 is 0. The predicted molar refractivity (Wildman–Crippen MR) is 58.2 cm³/mol. The van der Waals surface area contributed by atoms with Crippen molar-refractivity contribution in [3.05, 3.63) is 24.3 Å². The van der Waals surface area contributed by atoms with Gasteiger partial charge in [-0.3, -0.25) is 9.78 Å². The van der Waals surface area contributed by atoms with E-state index in [2.05, 4.69) is 15.3 Å². The summed E-state index contributed by atoms with van der Waals surface area (Å²) in [5, 5.41) is 3.31. The first kappa shape index (κ1) is 11.2. The van der Waals surface area contributed by atoms with Crippen LogP contribution in [0.25, 0.3) is 0 Å². The van der Waals surface area contributed by atoms with Gasteiger partial charge in [0.1, 0.15) is 12.3 Å². The number of Topliss-reactive ketones (excluding diaryl/α,β-unsaturated/α-hetero) is 1. The van der Waals surface area contributed by atoms with E-state index in [1.807, 2.05) is 0 Å². The molecule has 1 atom stereocenters. The zero-order chi connectivity index (χ0) is 11.2. The minimum Gasteiger partial charge on any atom is -0.372 e. The smallest absolute Gasteiger partial charge is 0.208 e. The third-order valence-corrected chi connectivity index (χ3v) is 2.56. The van der Waals surface area contributed by atoms with Crippen molar-refractivity contribution in [3.8, 4) is 0 Å². The Bertz CT molecular complexity index is 336. The first-order chi connectivity index (χ1) is 7.86. The van der Waals surface area contributed by atoms with Gasteiger partial charge < -0.3 is 10.1 Å². The number of nitrogens with zero attached hydrogens (tertiary/aromatic N) is 2. The molecule has 0 saturated carbocycles. The Kier molecular flexibility index (Phi) is 3.96. The highest BCUT2D eigenvalue weighted by molar-refractivity contribution is 5.94. The Balaban J connectivity index is 1.71. The van der Waals surface area contributed by atoms with E-state index in [-0.39, 0.29) is 12.4 Å². The van der Waals surface area contributed by atoms with Crippen molar-refractivity contribution >= 4 is 5.78 Å². The second-order valence-corrected chi connectivity index (χ2v) is 3.82. The average molecular weight is 221 g/mol. The molecule has 0 aromatic carbocycles. The van der Waals surface area contributed by atoms with Gasteiger partial charge in [-0.2, -0.15) is 0 Å². The molecule has 0 radical (unpaired) electrons. The highest BCUT2D eigenvalue weighted by Gasteiger charge is 2.15. The van der Waals surface area contributed by atoms with Crippen molar-refractivity contribution in [3.63, 3.8) is 0 Å². The summed E-state index contributed by atoms with van der Waals surface area (Å²) in [6.45, 7) is 1.72. The number of carbonyl (C=O) groups excluding carboxylic acids is 1. The van der Waals surface area contributed by atoms with E-state index in [1.165, 1.54) is 18.8 Å². The van der Waals surface area contributed by atoms with Gasteiger partial charge in [-0.25, -0.2) is 4.98 Å². The van der Waals surface area contributed by atoms with Crippen LogP contribution in [0, 0.1) is 0 Å². The average Bonchev–Trinajstić information content (AvgIpc) is 2.83. The topological polar surface area (TPSA) is 64.1 Å². The number of aromatic nitrogens is 2. The third-order valence-electron chi connectivity index (χ3n) is 2.56. The third kappa shape index (κ3) is 3.08. The molecule has 0 amide bonds. The quantitative estimate of drug-likeness (QED) is 0.730. The van der Waals surface area contributed by atoms with Crippen LogP contribution in [-0.2, 0) is 4.74 Å². The van der Waals surface area contributed by atoms with Gasteiger partial charge in [0.25, 0.3) is 0 Å². The Morgan fingerprint density at radius 1 is 1.56 bits per heavy atom. The number of hydrogen-bond donors (Lipinski definition) is 1. The lowest BCUT2D eigenvalue weighted by atomic mass is 10.2. The van der Waals surface area contributed by atoms with E-state index < -0.39 is 0 Å². The maximum absolute atomic E-state index is 11.6. The molecule has 5 nitrogen and oxygen atoms in total. The maximum atomic E-state index is 11.6. The van der Waals surface area contributed by atoms with Crippen molar-refractivity contribution in [2.75, 3.05) is 19.8 Å². The molecule has 0 spiro atoms. The number of rotatable bonds is 5. The molecule has 86 valence electrons. The van der Waals surface area contributed by atoms with Crippen molar-refractivity contribution in [1.29, 1.82) is 0 Å². The Morgan fingerprint density at radius 2 is 2.50 bits per heavy atom. The van der Waals surface area contributed by atoms with Crippen LogP contribution in [0.3, 0.4) is 0 Å². The molecule has 1 aromatic rings. The van der Waals surface area contributed by atoms with Crippen LogP contribution in [0.1, 0.15) is 23.3 Å². The van der Waals surface area contributed by atoms with Gasteiger partial charge in [0, 0.05) is 18.4 Å². The summed E-state index contributed by atoms with van der Waals surface area (Å²) in [6, 6.07) is 0.398. The van der Waals surface area contributed by atoms with E-state index in [4.69, 9.17) is 4.74 Å². The van der Waals surface area contributed by atoms with Crippen LogP contribution in [0.4, 0.5) is 0 Å². The second-order valence-electron chi connectivity index (χ2n) is 3.82. The van der Waals surface area contributed by atoms with Crippen molar-refractivity contribution in [2.45, 2.75) is 18.9 Å². The fraction of sp³-hybridized carbons (Fsp3) is 0.545. The summed E-state index contributed by atoms with van der Waals surface area (Å²) in [4.78, 5) is 19.3. The lowest BCUT2D eigenvalue weighted by Crippen LogP contribution is -2.28. The lowest BCUT2D eigenvalue weighted by molar-refractivity contribution is 0.0718. The summed E-state index contributed by atoms with van der Waals surface area (Å²) < 4.78 is 5.35. The van der Waals surface area contributed by atoms with Crippen LogP contribution < -0.4 is 5.32 Å².